The average molecular weight is 222 g/mol. The van der Waals surface area contributed by atoms with Crippen molar-refractivity contribution in [1.29, 1.82) is 0 Å². The molecule has 16 heavy (non-hydrogen) atoms. The van der Waals surface area contributed by atoms with E-state index < -0.39 is 0 Å². The lowest BCUT2D eigenvalue weighted by atomic mass is 9.96. The van der Waals surface area contributed by atoms with E-state index in [1.807, 2.05) is 0 Å². The van der Waals surface area contributed by atoms with Crippen molar-refractivity contribution >= 4 is 11.8 Å². The van der Waals surface area contributed by atoms with Gasteiger partial charge in [-0.15, -0.1) is 0 Å². The molecule has 1 aliphatic rings. The van der Waals surface area contributed by atoms with Crippen LogP contribution in [0.5, 0.6) is 0 Å². The molecule has 0 aliphatic carbocycles. The van der Waals surface area contributed by atoms with Gasteiger partial charge in [-0.1, -0.05) is 0 Å². The van der Waals surface area contributed by atoms with Crippen LogP contribution in [0.4, 0.5) is 0 Å². The fourth-order valence-electron chi connectivity index (χ4n) is 1.91. The first-order valence-electron chi connectivity index (χ1n) is 5.26. The first-order chi connectivity index (χ1) is 7.68. The number of nitrogens with zero attached hydrogens (tertiary/aromatic N) is 2. The van der Waals surface area contributed by atoms with E-state index in [-0.39, 0.29) is 17.7 Å². The maximum Gasteiger partial charge on any atom is 0.271 e. The SMILES string of the molecule is NC(=O)C1CCN(C(=O)c2ccn[nH]2)CC1. The van der Waals surface area contributed by atoms with Gasteiger partial charge in [0.15, 0.2) is 0 Å². The number of hydrogen-bond acceptors (Lipinski definition) is 3. The van der Waals surface area contributed by atoms with Crippen LogP contribution >= 0.6 is 0 Å². The number of rotatable bonds is 2. The molecular formula is C10H14N4O2. The molecule has 2 heterocycles. The van der Waals surface area contributed by atoms with E-state index in [1.165, 1.54) is 0 Å². The molecule has 2 amide bonds. The fraction of sp³-hybridized carbons (Fsp3) is 0.500. The van der Waals surface area contributed by atoms with Gasteiger partial charge in [-0.05, 0) is 18.9 Å². The Kier molecular flexibility index (Phi) is 2.89. The smallest absolute Gasteiger partial charge is 0.271 e. The van der Waals surface area contributed by atoms with Crippen molar-refractivity contribution < 1.29 is 9.59 Å². The summed E-state index contributed by atoms with van der Waals surface area (Å²) < 4.78 is 0. The third-order valence-corrected chi connectivity index (χ3v) is 2.92. The van der Waals surface area contributed by atoms with Crippen molar-refractivity contribution in [2.45, 2.75) is 12.8 Å². The van der Waals surface area contributed by atoms with Crippen molar-refractivity contribution in [1.82, 2.24) is 15.1 Å². The Morgan fingerprint density at radius 1 is 1.44 bits per heavy atom. The van der Waals surface area contributed by atoms with Gasteiger partial charge < -0.3 is 10.6 Å². The summed E-state index contributed by atoms with van der Waals surface area (Å²) in [5.74, 6) is -0.431. The molecule has 0 radical (unpaired) electrons. The number of H-pyrrole nitrogens is 1. The summed E-state index contributed by atoms with van der Waals surface area (Å²) in [5.41, 5.74) is 5.71. The molecule has 0 atom stereocenters. The minimum Gasteiger partial charge on any atom is -0.369 e. The van der Waals surface area contributed by atoms with Crippen LogP contribution < -0.4 is 5.73 Å². The monoisotopic (exact) mass is 222 g/mol. The van der Waals surface area contributed by atoms with E-state index in [1.54, 1.807) is 17.2 Å². The number of hydrogen-bond donors (Lipinski definition) is 2. The first kappa shape index (κ1) is 10.7. The van der Waals surface area contributed by atoms with Crippen molar-refractivity contribution in [3.05, 3.63) is 18.0 Å². The second kappa shape index (κ2) is 4.34. The maximum absolute atomic E-state index is 11.9. The summed E-state index contributed by atoms with van der Waals surface area (Å²) in [6.45, 7) is 1.15. The highest BCUT2D eigenvalue weighted by Gasteiger charge is 2.26. The van der Waals surface area contributed by atoms with Crippen LogP contribution in [0.3, 0.4) is 0 Å². The molecule has 0 spiro atoms. The topological polar surface area (TPSA) is 92.1 Å². The number of carbonyl (C=O) groups excluding carboxylic acids is 2. The molecule has 6 nitrogen and oxygen atoms in total. The van der Waals surface area contributed by atoms with Gasteiger partial charge in [0.2, 0.25) is 5.91 Å². The predicted octanol–water partition coefficient (Wildman–Crippen LogP) is -0.253. The second-order valence-corrected chi connectivity index (χ2v) is 3.94. The Morgan fingerprint density at radius 2 is 2.12 bits per heavy atom. The Labute approximate surface area is 92.8 Å². The Balaban J connectivity index is 1.94. The average Bonchev–Trinajstić information content (AvgIpc) is 2.81. The zero-order chi connectivity index (χ0) is 11.5. The molecule has 0 unspecified atom stereocenters. The molecule has 1 aromatic rings. The number of carbonyl (C=O) groups is 2. The van der Waals surface area contributed by atoms with Gasteiger partial charge in [-0.25, -0.2) is 0 Å². The lowest BCUT2D eigenvalue weighted by molar-refractivity contribution is -0.123. The summed E-state index contributed by atoms with van der Waals surface area (Å²) in [5, 5.41) is 6.37. The number of primary amides is 1. The fourth-order valence-corrected chi connectivity index (χ4v) is 1.91. The Morgan fingerprint density at radius 3 is 2.62 bits per heavy atom. The third kappa shape index (κ3) is 2.05. The van der Waals surface area contributed by atoms with E-state index in [4.69, 9.17) is 5.73 Å². The number of piperidine rings is 1. The molecule has 86 valence electrons. The lowest BCUT2D eigenvalue weighted by Crippen LogP contribution is -2.41. The normalized spacial score (nSPS) is 17.4. The van der Waals surface area contributed by atoms with Crippen molar-refractivity contribution in [3.8, 4) is 0 Å². The van der Waals surface area contributed by atoms with Crippen LogP contribution in [0.25, 0.3) is 0 Å². The molecule has 0 aromatic carbocycles. The summed E-state index contributed by atoms with van der Waals surface area (Å²) >= 11 is 0. The molecule has 0 saturated carbocycles. The largest absolute Gasteiger partial charge is 0.369 e. The zero-order valence-corrected chi connectivity index (χ0v) is 8.85. The van der Waals surface area contributed by atoms with Crippen LogP contribution in [0.15, 0.2) is 12.3 Å². The molecule has 3 N–H and O–H groups in total. The van der Waals surface area contributed by atoms with Gasteiger partial charge in [-0.3, -0.25) is 14.7 Å². The van der Waals surface area contributed by atoms with E-state index in [9.17, 15) is 9.59 Å². The number of nitrogens with one attached hydrogen (secondary N) is 1. The van der Waals surface area contributed by atoms with E-state index >= 15 is 0 Å². The standard InChI is InChI=1S/C10H14N4O2/c11-9(15)7-2-5-14(6-3-7)10(16)8-1-4-12-13-8/h1,4,7H,2-3,5-6H2,(H2,11,15)(H,12,13). The van der Waals surface area contributed by atoms with Crippen molar-refractivity contribution in [2.75, 3.05) is 13.1 Å². The number of aromatic nitrogens is 2. The van der Waals surface area contributed by atoms with E-state index in [2.05, 4.69) is 10.2 Å². The summed E-state index contributed by atoms with van der Waals surface area (Å²) in [6, 6.07) is 1.64. The van der Waals surface area contributed by atoms with Crippen LogP contribution in [0.1, 0.15) is 23.3 Å². The Bertz CT molecular complexity index is 380. The molecular weight excluding hydrogens is 208 g/mol. The number of likely N-dealkylation sites (tertiary alicyclic amines) is 1. The van der Waals surface area contributed by atoms with Gasteiger partial charge in [0.1, 0.15) is 5.69 Å². The minimum atomic E-state index is -0.270. The minimum absolute atomic E-state index is 0.0691. The molecule has 1 aromatic heterocycles. The maximum atomic E-state index is 11.9. The summed E-state index contributed by atoms with van der Waals surface area (Å²) in [7, 11) is 0. The molecule has 2 rings (SSSR count). The second-order valence-electron chi connectivity index (χ2n) is 3.94. The van der Waals surface area contributed by atoms with Crippen LogP contribution in [0.2, 0.25) is 0 Å². The quantitative estimate of drug-likeness (QED) is 0.722. The molecule has 0 bridgehead atoms. The van der Waals surface area contributed by atoms with Gasteiger partial charge in [0.25, 0.3) is 5.91 Å². The van der Waals surface area contributed by atoms with Gasteiger partial charge >= 0.3 is 0 Å². The van der Waals surface area contributed by atoms with Gasteiger partial charge in [0.05, 0.1) is 0 Å². The van der Waals surface area contributed by atoms with Crippen LogP contribution in [-0.2, 0) is 4.79 Å². The van der Waals surface area contributed by atoms with E-state index in [0.29, 0.717) is 31.6 Å². The van der Waals surface area contributed by atoms with Gasteiger partial charge in [-0.2, -0.15) is 5.10 Å². The predicted molar refractivity (Wildman–Crippen MR) is 56.4 cm³/mol. The molecule has 6 heteroatoms. The van der Waals surface area contributed by atoms with Crippen molar-refractivity contribution in [2.24, 2.45) is 11.7 Å². The lowest BCUT2D eigenvalue weighted by Gasteiger charge is -2.30. The highest BCUT2D eigenvalue weighted by molar-refractivity contribution is 5.92. The number of amides is 2. The number of nitrogens with two attached hydrogens (primary N) is 1. The molecule has 1 fully saturated rings. The Hall–Kier alpha value is -1.85. The third-order valence-electron chi connectivity index (χ3n) is 2.92. The zero-order valence-electron chi connectivity index (χ0n) is 8.85. The highest BCUT2D eigenvalue weighted by atomic mass is 16.2. The number of aromatic amines is 1. The summed E-state index contributed by atoms with van der Waals surface area (Å²) in [6.07, 6.45) is 2.84. The highest BCUT2D eigenvalue weighted by Crippen LogP contribution is 2.17. The molecule has 1 aliphatic heterocycles. The molecule has 1 saturated heterocycles. The van der Waals surface area contributed by atoms with Gasteiger partial charge in [0, 0.05) is 25.2 Å². The van der Waals surface area contributed by atoms with Crippen LogP contribution in [-0.4, -0.2) is 40.0 Å². The van der Waals surface area contributed by atoms with Crippen molar-refractivity contribution in [3.63, 3.8) is 0 Å². The summed E-state index contributed by atoms with van der Waals surface area (Å²) in [4.78, 5) is 24.6. The van der Waals surface area contributed by atoms with Crippen LogP contribution in [0, 0.1) is 5.92 Å². The van der Waals surface area contributed by atoms with E-state index in [0.717, 1.165) is 0 Å². The first-order valence-corrected chi connectivity index (χ1v) is 5.26.